The third-order valence-electron chi connectivity index (χ3n) is 3.05. The van der Waals surface area contributed by atoms with E-state index in [4.69, 9.17) is 9.47 Å². The van der Waals surface area contributed by atoms with Crippen LogP contribution in [0.2, 0.25) is 0 Å². The van der Waals surface area contributed by atoms with Crippen LogP contribution in [0.4, 0.5) is 4.39 Å². The Hall–Kier alpha value is -1.66. The first kappa shape index (κ1) is 14.7. The number of hydrogen-bond donors (Lipinski definition) is 0. The molecule has 1 fully saturated rings. The van der Waals surface area contributed by atoms with E-state index in [1.54, 1.807) is 12.1 Å². The van der Waals surface area contributed by atoms with Gasteiger partial charge >= 0.3 is 5.97 Å². The standard InChI is InChI=1S/C14H18FNO4/c1-18-14(17)9-16-6-7-19-13(8-16)10-20-12-4-2-11(15)3-5-12/h2-5,13H,6-10H2,1H3. The van der Waals surface area contributed by atoms with Crippen LogP contribution in [-0.4, -0.2) is 56.9 Å². The maximum atomic E-state index is 12.8. The molecule has 0 bridgehead atoms. The van der Waals surface area contributed by atoms with Gasteiger partial charge in [0.15, 0.2) is 0 Å². The Morgan fingerprint density at radius 2 is 2.20 bits per heavy atom. The molecule has 2 rings (SSSR count). The fourth-order valence-electron chi connectivity index (χ4n) is 1.99. The number of halogens is 1. The first-order chi connectivity index (χ1) is 9.67. The highest BCUT2D eigenvalue weighted by Gasteiger charge is 2.22. The molecule has 1 aliphatic rings. The summed E-state index contributed by atoms with van der Waals surface area (Å²) in [6.07, 6.45) is -0.113. The van der Waals surface area contributed by atoms with E-state index in [0.717, 1.165) is 0 Å². The minimum absolute atomic E-state index is 0.113. The molecule has 1 unspecified atom stereocenters. The minimum atomic E-state index is -0.296. The van der Waals surface area contributed by atoms with Crippen LogP contribution in [0.15, 0.2) is 24.3 Å². The van der Waals surface area contributed by atoms with E-state index in [9.17, 15) is 9.18 Å². The first-order valence-corrected chi connectivity index (χ1v) is 6.46. The molecule has 1 aromatic carbocycles. The summed E-state index contributed by atoms with van der Waals surface area (Å²) in [6, 6.07) is 5.84. The summed E-state index contributed by atoms with van der Waals surface area (Å²) in [5, 5.41) is 0. The van der Waals surface area contributed by atoms with Gasteiger partial charge in [0.1, 0.15) is 24.3 Å². The fraction of sp³-hybridized carbons (Fsp3) is 0.500. The smallest absolute Gasteiger partial charge is 0.319 e. The van der Waals surface area contributed by atoms with E-state index in [1.165, 1.54) is 19.2 Å². The van der Waals surface area contributed by atoms with Crippen LogP contribution in [0, 0.1) is 5.82 Å². The topological polar surface area (TPSA) is 48.0 Å². The molecule has 0 N–H and O–H groups in total. The molecule has 5 nitrogen and oxygen atoms in total. The lowest BCUT2D eigenvalue weighted by molar-refractivity contribution is -0.144. The molecule has 0 amide bonds. The molecule has 0 spiro atoms. The summed E-state index contributed by atoms with van der Waals surface area (Å²) in [5.41, 5.74) is 0. The van der Waals surface area contributed by atoms with Gasteiger partial charge in [-0.1, -0.05) is 0 Å². The Kier molecular flexibility index (Phi) is 5.31. The van der Waals surface area contributed by atoms with Crippen molar-refractivity contribution in [2.24, 2.45) is 0 Å². The average molecular weight is 283 g/mol. The van der Waals surface area contributed by atoms with Crippen molar-refractivity contribution >= 4 is 5.97 Å². The maximum Gasteiger partial charge on any atom is 0.319 e. The zero-order chi connectivity index (χ0) is 14.4. The van der Waals surface area contributed by atoms with Gasteiger partial charge in [0.2, 0.25) is 0 Å². The Labute approximate surface area is 117 Å². The van der Waals surface area contributed by atoms with Crippen LogP contribution in [0.1, 0.15) is 0 Å². The summed E-state index contributed by atoms with van der Waals surface area (Å²) in [7, 11) is 1.37. The Morgan fingerprint density at radius 3 is 2.90 bits per heavy atom. The molecule has 1 heterocycles. The van der Waals surface area contributed by atoms with Crippen molar-refractivity contribution in [2.75, 3.05) is 40.0 Å². The molecule has 0 aromatic heterocycles. The van der Waals surface area contributed by atoms with E-state index in [1.807, 2.05) is 4.90 Å². The van der Waals surface area contributed by atoms with Crippen molar-refractivity contribution in [1.29, 1.82) is 0 Å². The number of carbonyl (C=O) groups is 1. The van der Waals surface area contributed by atoms with Gasteiger partial charge in [0.25, 0.3) is 0 Å². The molecule has 110 valence electrons. The summed E-state index contributed by atoms with van der Waals surface area (Å²) in [5.74, 6) is 0.0423. The highest BCUT2D eigenvalue weighted by Crippen LogP contribution is 2.13. The minimum Gasteiger partial charge on any atom is -0.491 e. The second kappa shape index (κ2) is 7.21. The predicted molar refractivity (Wildman–Crippen MR) is 70.1 cm³/mol. The number of morpholine rings is 1. The molecule has 6 heteroatoms. The summed E-state index contributed by atoms with van der Waals surface area (Å²) in [6.45, 7) is 2.48. The number of hydrogen-bond acceptors (Lipinski definition) is 5. The number of nitrogens with zero attached hydrogens (tertiary/aromatic N) is 1. The largest absolute Gasteiger partial charge is 0.491 e. The summed E-state index contributed by atoms with van der Waals surface area (Å²) >= 11 is 0. The zero-order valence-corrected chi connectivity index (χ0v) is 11.4. The normalized spacial score (nSPS) is 19.6. The van der Waals surface area contributed by atoms with Gasteiger partial charge in [-0.05, 0) is 24.3 Å². The van der Waals surface area contributed by atoms with Gasteiger partial charge in [-0.2, -0.15) is 0 Å². The van der Waals surface area contributed by atoms with Gasteiger partial charge in [0, 0.05) is 13.1 Å². The Morgan fingerprint density at radius 1 is 1.45 bits per heavy atom. The quantitative estimate of drug-likeness (QED) is 0.757. The number of benzene rings is 1. The second-order valence-electron chi connectivity index (χ2n) is 4.57. The molecule has 0 aliphatic carbocycles. The fourth-order valence-corrected chi connectivity index (χ4v) is 1.99. The van der Waals surface area contributed by atoms with Gasteiger partial charge < -0.3 is 14.2 Å². The molecule has 0 saturated carbocycles. The second-order valence-corrected chi connectivity index (χ2v) is 4.57. The third kappa shape index (κ3) is 4.47. The van der Waals surface area contributed by atoms with E-state index in [2.05, 4.69) is 4.74 Å². The van der Waals surface area contributed by atoms with Crippen molar-refractivity contribution in [3.8, 4) is 5.75 Å². The molecule has 1 atom stereocenters. The van der Waals surface area contributed by atoms with Crippen molar-refractivity contribution in [3.63, 3.8) is 0 Å². The Balaban J connectivity index is 1.78. The van der Waals surface area contributed by atoms with Crippen LogP contribution in [-0.2, 0) is 14.3 Å². The van der Waals surface area contributed by atoms with E-state index >= 15 is 0 Å². The third-order valence-corrected chi connectivity index (χ3v) is 3.05. The van der Waals surface area contributed by atoms with Gasteiger partial charge in [-0.3, -0.25) is 9.69 Å². The summed E-state index contributed by atoms with van der Waals surface area (Å²) < 4.78 is 28.5. The SMILES string of the molecule is COC(=O)CN1CCOC(COc2ccc(F)cc2)C1. The van der Waals surface area contributed by atoms with E-state index in [0.29, 0.717) is 32.1 Å². The summed E-state index contributed by atoms with van der Waals surface area (Å²) in [4.78, 5) is 13.2. The Bertz CT molecular complexity index is 437. The average Bonchev–Trinajstić information content (AvgIpc) is 2.47. The maximum absolute atomic E-state index is 12.8. The van der Waals surface area contributed by atoms with Gasteiger partial charge in [0.05, 0.1) is 20.3 Å². The van der Waals surface area contributed by atoms with Crippen molar-refractivity contribution in [1.82, 2.24) is 4.90 Å². The van der Waals surface area contributed by atoms with Crippen LogP contribution in [0.25, 0.3) is 0 Å². The first-order valence-electron chi connectivity index (χ1n) is 6.46. The van der Waals surface area contributed by atoms with Gasteiger partial charge in [-0.25, -0.2) is 4.39 Å². The lowest BCUT2D eigenvalue weighted by Crippen LogP contribution is -2.46. The van der Waals surface area contributed by atoms with Crippen molar-refractivity contribution in [3.05, 3.63) is 30.1 Å². The van der Waals surface area contributed by atoms with Crippen LogP contribution in [0.5, 0.6) is 5.75 Å². The van der Waals surface area contributed by atoms with E-state index < -0.39 is 0 Å². The molecule has 1 aliphatic heterocycles. The van der Waals surface area contributed by atoms with Crippen molar-refractivity contribution < 1.29 is 23.4 Å². The number of methoxy groups -OCH3 is 1. The van der Waals surface area contributed by atoms with Crippen LogP contribution in [0.3, 0.4) is 0 Å². The monoisotopic (exact) mass is 283 g/mol. The highest BCUT2D eigenvalue weighted by molar-refractivity contribution is 5.71. The van der Waals surface area contributed by atoms with Gasteiger partial charge in [-0.15, -0.1) is 0 Å². The lowest BCUT2D eigenvalue weighted by atomic mass is 10.3. The molecule has 20 heavy (non-hydrogen) atoms. The molecular weight excluding hydrogens is 265 g/mol. The molecule has 1 saturated heterocycles. The zero-order valence-electron chi connectivity index (χ0n) is 11.4. The van der Waals surface area contributed by atoms with Crippen molar-refractivity contribution in [2.45, 2.75) is 6.10 Å². The lowest BCUT2D eigenvalue weighted by Gasteiger charge is -2.31. The number of esters is 1. The molecule has 0 radical (unpaired) electrons. The highest BCUT2D eigenvalue weighted by atomic mass is 19.1. The number of ether oxygens (including phenoxy) is 3. The molecule has 1 aromatic rings. The number of rotatable bonds is 5. The van der Waals surface area contributed by atoms with Crippen LogP contribution >= 0.6 is 0 Å². The molecular formula is C14H18FNO4. The van der Waals surface area contributed by atoms with Crippen LogP contribution < -0.4 is 4.74 Å². The number of carbonyl (C=O) groups excluding carboxylic acids is 1. The van der Waals surface area contributed by atoms with E-state index in [-0.39, 0.29) is 24.4 Å². The predicted octanol–water partition coefficient (Wildman–Crippen LogP) is 1.08.